The van der Waals surface area contributed by atoms with Crippen LogP contribution in [0.15, 0.2) is 35.5 Å². The minimum Gasteiger partial charge on any atom is -0.508 e. The summed E-state index contributed by atoms with van der Waals surface area (Å²) in [6.07, 6.45) is 10.5. The molecule has 2 aliphatic heterocycles. The number of aliphatic hydroxyl groups excluding tert-OH is 1. The standard InChI is InChI=1S/C28H41N3O6/c1-18(2)26-22-15-21(30-36-17-25(34)31-13-5-4-6-14-31)12-8-11-20(29)10-7-9-19(3)37-28(35)27(22)24(33)16-23(26)32/h7-8,10,12,16,18-20,25,32-34H,4-6,9,11,13-15,17,29H2,1-3H3/b10-7+,12-8+,30-21+/t19-,20-,25?/m1/s1. The Bertz CT molecular complexity index is 1010. The van der Waals surface area contributed by atoms with E-state index in [1.165, 1.54) is 6.07 Å². The SMILES string of the molecule is CC(C)c1c(O)cc(O)c2c1CC(=N/OCC(O)N1CCCCC1)/C=C/C[C@H](N)/C=C/C[C@@H](C)OC2=O. The largest absolute Gasteiger partial charge is 0.508 e. The van der Waals surface area contributed by atoms with Gasteiger partial charge in [0.2, 0.25) is 0 Å². The number of aromatic hydroxyl groups is 2. The van der Waals surface area contributed by atoms with Crippen LogP contribution in [-0.4, -0.2) is 70.0 Å². The first-order chi connectivity index (χ1) is 17.7. The molecule has 0 amide bonds. The van der Waals surface area contributed by atoms with Crippen molar-refractivity contribution < 1.29 is 29.7 Å². The van der Waals surface area contributed by atoms with Gasteiger partial charge < -0.3 is 30.6 Å². The Morgan fingerprint density at radius 3 is 2.59 bits per heavy atom. The van der Waals surface area contributed by atoms with E-state index in [9.17, 15) is 20.1 Å². The number of esters is 1. The number of benzene rings is 1. The number of cyclic esters (lactones) is 1. The van der Waals surface area contributed by atoms with Crippen LogP contribution in [0.2, 0.25) is 0 Å². The van der Waals surface area contributed by atoms with Gasteiger partial charge in [-0.3, -0.25) is 4.90 Å². The lowest BCUT2D eigenvalue weighted by Crippen LogP contribution is -2.41. The quantitative estimate of drug-likeness (QED) is 0.264. The lowest BCUT2D eigenvalue weighted by atomic mass is 9.88. The zero-order chi connectivity index (χ0) is 26.9. The summed E-state index contributed by atoms with van der Waals surface area (Å²) in [7, 11) is 0. The number of rotatable bonds is 5. The number of phenolic OH excluding ortho intramolecular Hbond substituents is 2. The molecule has 0 saturated carbocycles. The maximum atomic E-state index is 13.2. The molecule has 1 aromatic carbocycles. The molecule has 5 N–H and O–H groups in total. The van der Waals surface area contributed by atoms with Gasteiger partial charge in [0, 0.05) is 43.6 Å². The van der Waals surface area contributed by atoms with E-state index in [4.69, 9.17) is 15.3 Å². The van der Waals surface area contributed by atoms with E-state index >= 15 is 0 Å². The third-order valence-electron chi connectivity index (χ3n) is 6.67. The van der Waals surface area contributed by atoms with Gasteiger partial charge >= 0.3 is 5.97 Å². The third kappa shape index (κ3) is 8.05. The van der Waals surface area contributed by atoms with E-state index < -0.39 is 18.3 Å². The summed E-state index contributed by atoms with van der Waals surface area (Å²) in [5.74, 6) is -1.30. The van der Waals surface area contributed by atoms with E-state index in [1.54, 1.807) is 13.0 Å². The van der Waals surface area contributed by atoms with Crippen LogP contribution in [0.25, 0.3) is 0 Å². The zero-order valence-electron chi connectivity index (χ0n) is 22.1. The first-order valence-electron chi connectivity index (χ1n) is 13.2. The molecular formula is C28H41N3O6. The predicted octanol–water partition coefficient (Wildman–Crippen LogP) is 3.72. The Labute approximate surface area is 219 Å². The fourth-order valence-corrected chi connectivity index (χ4v) is 4.76. The highest BCUT2D eigenvalue weighted by atomic mass is 16.6. The molecular weight excluding hydrogens is 474 g/mol. The van der Waals surface area contributed by atoms with Gasteiger partial charge in [-0.2, -0.15) is 0 Å². The fraction of sp³-hybridized carbons (Fsp3) is 0.571. The molecule has 3 atom stereocenters. The Hall–Kier alpha value is -2.88. The normalized spacial score (nSPS) is 25.7. The average Bonchev–Trinajstić information content (AvgIpc) is 2.83. The summed E-state index contributed by atoms with van der Waals surface area (Å²) >= 11 is 0. The van der Waals surface area contributed by atoms with Crippen molar-refractivity contribution in [3.05, 3.63) is 47.1 Å². The van der Waals surface area contributed by atoms with Crippen molar-refractivity contribution in [1.29, 1.82) is 0 Å². The van der Waals surface area contributed by atoms with E-state index in [1.807, 2.05) is 37.0 Å². The monoisotopic (exact) mass is 515 g/mol. The number of nitrogens with zero attached hydrogens (tertiary/aromatic N) is 2. The number of likely N-dealkylation sites (tertiary alicyclic amines) is 1. The number of fused-ring (bicyclic) bond motifs is 1. The van der Waals surface area contributed by atoms with Gasteiger partial charge in [-0.1, -0.05) is 43.7 Å². The topological polar surface area (TPSA) is 138 Å². The molecule has 1 fully saturated rings. The van der Waals surface area contributed by atoms with E-state index in [-0.39, 0.29) is 42.0 Å². The van der Waals surface area contributed by atoms with Crippen LogP contribution in [0.1, 0.15) is 80.3 Å². The Balaban J connectivity index is 1.98. The number of allylic oxidation sites excluding steroid dienone is 1. The summed E-state index contributed by atoms with van der Waals surface area (Å²) < 4.78 is 5.63. The van der Waals surface area contributed by atoms with Crippen molar-refractivity contribution in [2.75, 3.05) is 19.7 Å². The summed E-state index contributed by atoms with van der Waals surface area (Å²) in [6.45, 7) is 7.19. The highest BCUT2D eigenvalue weighted by Gasteiger charge is 2.27. The lowest BCUT2D eigenvalue weighted by Gasteiger charge is -2.30. The number of ether oxygens (including phenoxy) is 1. The van der Waals surface area contributed by atoms with E-state index in [0.717, 1.165) is 32.4 Å². The van der Waals surface area contributed by atoms with Gasteiger partial charge in [0.15, 0.2) is 6.61 Å². The molecule has 1 saturated heterocycles. The summed E-state index contributed by atoms with van der Waals surface area (Å²) in [5.41, 5.74) is 7.58. The van der Waals surface area contributed by atoms with Crippen LogP contribution in [0.3, 0.4) is 0 Å². The second-order valence-corrected chi connectivity index (χ2v) is 10.2. The molecule has 0 aromatic heterocycles. The summed E-state index contributed by atoms with van der Waals surface area (Å²) in [4.78, 5) is 20.7. The molecule has 3 rings (SSSR count). The molecule has 1 unspecified atom stereocenters. The maximum Gasteiger partial charge on any atom is 0.342 e. The molecule has 9 nitrogen and oxygen atoms in total. The van der Waals surface area contributed by atoms with Gasteiger partial charge in [0.25, 0.3) is 0 Å². The number of hydrogen-bond donors (Lipinski definition) is 4. The van der Waals surface area contributed by atoms with Gasteiger partial charge in [0.05, 0.1) is 5.71 Å². The molecule has 2 aliphatic rings. The van der Waals surface area contributed by atoms with Crippen molar-refractivity contribution in [2.24, 2.45) is 10.9 Å². The van der Waals surface area contributed by atoms with Gasteiger partial charge in [-0.05, 0) is 43.7 Å². The summed E-state index contributed by atoms with van der Waals surface area (Å²) in [6, 6.07) is 0.956. The second kappa shape index (κ2) is 13.6. The van der Waals surface area contributed by atoms with Crippen molar-refractivity contribution in [2.45, 2.75) is 83.6 Å². The van der Waals surface area contributed by atoms with Crippen LogP contribution in [0.5, 0.6) is 11.5 Å². The number of phenols is 2. The fourth-order valence-electron chi connectivity index (χ4n) is 4.76. The molecule has 37 heavy (non-hydrogen) atoms. The number of nitrogens with two attached hydrogens (primary N) is 1. The number of hydrogen-bond acceptors (Lipinski definition) is 9. The summed E-state index contributed by atoms with van der Waals surface area (Å²) in [5, 5.41) is 36.2. The van der Waals surface area contributed by atoms with Gasteiger partial charge in [0.1, 0.15) is 29.4 Å². The lowest BCUT2D eigenvalue weighted by molar-refractivity contribution is -0.0644. The first-order valence-corrected chi connectivity index (χ1v) is 13.2. The number of oxime groups is 1. The molecule has 0 radical (unpaired) electrons. The Morgan fingerprint density at radius 2 is 1.89 bits per heavy atom. The second-order valence-electron chi connectivity index (χ2n) is 10.2. The van der Waals surface area contributed by atoms with E-state index in [0.29, 0.717) is 29.7 Å². The number of carbonyl (C=O) groups is 1. The van der Waals surface area contributed by atoms with Crippen LogP contribution in [0.4, 0.5) is 0 Å². The highest BCUT2D eigenvalue weighted by Crippen LogP contribution is 2.38. The average molecular weight is 516 g/mol. The van der Waals surface area contributed by atoms with Crippen molar-refractivity contribution in [3.8, 4) is 11.5 Å². The van der Waals surface area contributed by atoms with E-state index in [2.05, 4.69) is 5.16 Å². The minimum absolute atomic E-state index is 0.000502. The highest BCUT2D eigenvalue weighted by molar-refractivity contribution is 6.01. The Morgan fingerprint density at radius 1 is 1.16 bits per heavy atom. The molecule has 9 heteroatoms. The van der Waals surface area contributed by atoms with Crippen LogP contribution < -0.4 is 5.73 Å². The number of piperidine rings is 1. The van der Waals surface area contributed by atoms with Crippen LogP contribution in [0, 0.1) is 0 Å². The maximum absolute atomic E-state index is 13.2. The third-order valence-corrected chi connectivity index (χ3v) is 6.67. The van der Waals surface area contributed by atoms with Crippen molar-refractivity contribution in [3.63, 3.8) is 0 Å². The van der Waals surface area contributed by atoms with Gasteiger partial charge in [-0.15, -0.1) is 0 Å². The molecule has 2 heterocycles. The Kier molecular flexibility index (Phi) is 10.5. The van der Waals surface area contributed by atoms with Crippen molar-refractivity contribution >= 4 is 11.7 Å². The van der Waals surface area contributed by atoms with Crippen LogP contribution in [-0.2, 0) is 16.0 Å². The molecule has 1 aromatic rings. The zero-order valence-corrected chi connectivity index (χ0v) is 22.1. The molecule has 0 aliphatic carbocycles. The van der Waals surface area contributed by atoms with Crippen LogP contribution >= 0.6 is 0 Å². The first kappa shape index (κ1) is 28.7. The minimum atomic E-state index is -0.770. The predicted molar refractivity (Wildman–Crippen MR) is 143 cm³/mol. The molecule has 0 spiro atoms. The number of aliphatic hydroxyl groups is 1. The molecule has 0 bridgehead atoms. The number of carbonyl (C=O) groups excluding carboxylic acids is 1. The van der Waals surface area contributed by atoms with Gasteiger partial charge in [-0.25, -0.2) is 4.79 Å². The molecule has 204 valence electrons. The smallest absolute Gasteiger partial charge is 0.342 e. The van der Waals surface area contributed by atoms with Crippen molar-refractivity contribution in [1.82, 2.24) is 4.90 Å².